The van der Waals surface area contributed by atoms with Gasteiger partial charge in [0.25, 0.3) is 0 Å². The van der Waals surface area contributed by atoms with Crippen molar-refractivity contribution in [3.05, 3.63) is 64.4 Å². The maximum atomic E-state index is 13.6. The van der Waals surface area contributed by atoms with Crippen LogP contribution in [0.25, 0.3) is 0 Å². The Labute approximate surface area is 124 Å². The van der Waals surface area contributed by atoms with Gasteiger partial charge in [-0.05, 0) is 29.8 Å². The van der Waals surface area contributed by atoms with E-state index in [1.165, 1.54) is 17.8 Å². The molecule has 0 bridgehead atoms. The van der Waals surface area contributed by atoms with Gasteiger partial charge in [0.2, 0.25) is 0 Å². The largest absolute Gasteiger partial charge is 0.298 e. The lowest BCUT2D eigenvalue weighted by Gasteiger charge is -2.04. The number of hydrogen-bond donors (Lipinski definition) is 0. The topological polar surface area (TPSA) is 17.1 Å². The van der Waals surface area contributed by atoms with E-state index in [1.54, 1.807) is 12.1 Å². The monoisotopic (exact) mass is 338 g/mol. The normalized spacial score (nSPS) is 10.4. The van der Waals surface area contributed by atoms with Crippen molar-refractivity contribution in [1.82, 2.24) is 0 Å². The fourth-order valence-corrected chi connectivity index (χ4v) is 2.72. The maximum Gasteiger partial charge on any atom is 0.147 e. The number of carbonyl (C=O) groups is 1. The molecule has 1 nitrogen and oxygen atoms in total. The molecule has 0 unspecified atom stereocenters. The van der Waals surface area contributed by atoms with Gasteiger partial charge in [-0.25, -0.2) is 4.39 Å². The standard InChI is InChI=1S/C15H12BrFOS/c16-12-7-6-11(15(17)9-12)8-13(18)10-19-14-4-2-1-3-5-14/h1-7,9H,8,10H2. The molecule has 0 amide bonds. The van der Waals surface area contributed by atoms with Crippen LogP contribution in [0.3, 0.4) is 0 Å². The quantitative estimate of drug-likeness (QED) is 0.747. The molecular formula is C15H12BrFOS. The molecule has 0 fully saturated rings. The van der Waals surface area contributed by atoms with Gasteiger partial charge in [0.1, 0.15) is 11.6 Å². The van der Waals surface area contributed by atoms with Crippen LogP contribution in [0.15, 0.2) is 57.9 Å². The molecule has 0 spiro atoms. The van der Waals surface area contributed by atoms with Gasteiger partial charge in [-0.2, -0.15) is 0 Å². The van der Waals surface area contributed by atoms with Crippen molar-refractivity contribution in [2.45, 2.75) is 11.3 Å². The molecule has 2 rings (SSSR count). The number of hydrogen-bond acceptors (Lipinski definition) is 2. The number of Topliss-reactive ketones (excluding diaryl/α,β-unsaturated/α-hetero) is 1. The molecule has 0 aliphatic heterocycles. The lowest BCUT2D eigenvalue weighted by Crippen LogP contribution is -2.07. The van der Waals surface area contributed by atoms with Gasteiger partial charge < -0.3 is 0 Å². The molecule has 0 aliphatic carbocycles. The highest BCUT2D eigenvalue weighted by molar-refractivity contribution is 9.10. The number of rotatable bonds is 5. The Morgan fingerprint density at radius 2 is 1.89 bits per heavy atom. The van der Waals surface area contributed by atoms with Gasteiger partial charge in [0.15, 0.2) is 0 Å². The zero-order chi connectivity index (χ0) is 13.7. The Bertz CT molecular complexity index is 572. The SMILES string of the molecule is O=C(CSc1ccccc1)Cc1ccc(Br)cc1F. The number of benzene rings is 2. The van der Waals surface area contributed by atoms with Gasteiger partial charge in [0.05, 0.1) is 5.75 Å². The second-order valence-electron chi connectivity index (χ2n) is 4.05. The van der Waals surface area contributed by atoms with E-state index in [1.807, 2.05) is 30.3 Å². The molecule has 98 valence electrons. The summed E-state index contributed by atoms with van der Waals surface area (Å²) in [6, 6.07) is 14.5. The van der Waals surface area contributed by atoms with Crippen molar-refractivity contribution >= 4 is 33.5 Å². The van der Waals surface area contributed by atoms with E-state index < -0.39 is 0 Å². The molecule has 0 N–H and O–H groups in total. The molecule has 0 aromatic heterocycles. The van der Waals surface area contributed by atoms with Crippen molar-refractivity contribution in [3.63, 3.8) is 0 Å². The minimum absolute atomic E-state index is 0.0232. The predicted octanol–water partition coefficient (Wildman–Crippen LogP) is 4.49. The molecule has 0 aliphatic rings. The van der Waals surface area contributed by atoms with Gasteiger partial charge in [-0.3, -0.25) is 4.79 Å². The first kappa shape index (κ1) is 14.3. The molecule has 2 aromatic rings. The summed E-state index contributed by atoms with van der Waals surface area (Å²) in [7, 11) is 0. The summed E-state index contributed by atoms with van der Waals surface area (Å²) in [6.07, 6.45) is 0.138. The van der Waals surface area contributed by atoms with Crippen LogP contribution in [0.4, 0.5) is 4.39 Å². The first-order valence-electron chi connectivity index (χ1n) is 5.78. The third-order valence-corrected chi connectivity index (χ3v) is 4.11. The fourth-order valence-electron chi connectivity index (χ4n) is 1.61. The van der Waals surface area contributed by atoms with E-state index in [0.717, 1.165) is 4.90 Å². The highest BCUT2D eigenvalue weighted by atomic mass is 79.9. The number of carbonyl (C=O) groups excluding carboxylic acids is 1. The molecule has 2 aromatic carbocycles. The van der Waals surface area contributed by atoms with Gasteiger partial charge in [-0.1, -0.05) is 40.2 Å². The minimum atomic E-state index is -0.340. The highest BCUT2D eigenvalue weighted by Crippen LogP contribution is 2.19. The zero-order valence-electron chi connectivity index (χ0n) is 10.1. The van der Waals surface area contributed by atoms with Crippen molar-refractivity contribution in [3.8, 4) is 0 Å². The molecular weight excluding hydrogens is 327 g/mol. The van der Waals surface area contributed by atoms with Crippen LogP contribution in [0, 0.1) is 5.82 Å². The first-order valence-corrected chi connectivity index (χ1v) is 7.56. The zero-order valence-corrected chi connectivity index (χ0v) is 12.5. The number of ketones is 1. The van der Waals surface area contributed by atoms with Crippen molar-refractivity contribution in [2.24, 2.45) is 0 Å². The second-order valence-corrected chi connectivity index (χ2v) is 6.02. The lowest BCUT2D eigenvalue weighted by atomic mass is 10.1. The number of thioether (sulfide) groups is 1. The molecule has 19 heavy (non-hydrogen) atoms. The van der Waals surface area contributed by atoms with E-state index in [-0.39, 0.29) is 18.0 Å². The van der Waals surface area contributed by atoms with E-state index in [0.29, 0.717) is 15.8 Å². The van der Waals surface area contributed by atoms with Crippen LogP contribution >= 0.6 is 27.7 Å². The molecule has 4 heteroatoms. The molecule has 0 radical (unpaired) electrons. The smallest absolute Gasteiger partial charge is 0.147 e. The number of halogens is 2. The third kappa shape index (κ3) is 4.48. The Hall–Kier alpha value is -1.13. The van der Waals surface area contributed by atoms with Crippen LogP contribution in [0.5, 0.6) is 0 Å². The summed E-state index contributed by atoms with van der Waals surface area (Å²) in [5, 5.41) is 0. The van der Waals surface area contributed by atoms with E-state index in [4.69, 9.17) is 0 Å². The molecule has 0 saturated carbocycles. The molecule has 0 heterocycles. The average molecular weight is 339 g/mol. The van der Waals surface area contributed by atoms with Crippen molar-refractivity contribution < 1.29 is 9.18 Å². The van der Waals surface area contributed by atoms with Crippen LogP contribution in [0.1, 0.15) is 5.56 Å². The first-order chi connectivity index (χ1) is 9.15. The summed E-state index contributed by atoms with van der Waals surface area (Å²) in [4.78, 5) is 12.9. The summed E-state index contributed by atoms with van der Waals surface area (Å²) in [6.45, 7) is 0. The molecule has 0 saturated heterocycles. The lowest BCUT2D eigenvalue weighted by molar-refractivity contribution is -0.116. The Balaban J connectivity index is 1.91. The fraction of sp³-hybridized carbons (Fsp3) is 0.133. The Kier molecular flexibility index (Phi) is 5.16. The maximum absolute atomic E-state index is 13.6. The van der Waals surface area contributed by atoms with Gasteiger partial charge in [0, 0.05) is 15.8 Å². The summed E-state index contributed by atoms with van der Waals surface area (Å²) < 4.78 is 14.3. The van der Waals surface area contributed by atoms with Crippen LogP contribution < -0.4 is 0 Å². The van der Waals surface area contributed by atoms with E-state index in [2.05, 4.69) is 15.9 Å². The average Bonchev–Trinajstić information content (AvgIpc) is 2.41. The summed E-state index contributed by atoms with van der Waals surface area (Å²) in [5.74, 6) is 0.0435. The minimum Gasteiger partial charge on any atom is -0.298 e. The third-order valence-electron chi connectivity index (χ3n) is 2.55. The second kappa shape index (κ2) is 6.87. The summed E-state index contributed by atoms with van der Waals surface area (Å²) in [5.41, 5.74) is 0.446. The van der Waals surface area contributed by atoms with Crippen LogP contribution in [-0.2, 0) is 11.2 Å². The van der Waals surface area contributed by atoms with Crippen LogP contribution in [0.2, 0.25) is 0 Å². The van der Waals surface area contributed by atoms with Crippen molar-refractivity contribution in [1.29, 1.82) is 0 Å². The Morgan fingerprint density at radius 3 is 2.58 bits per heavy atom. The van der Waals surface area contributed by atoms with Gasteiger partial charge in [-0.15, -0.1) is 11.8 Å². The van der Waals surface area contributed by atoms with Crippen LogP contribution in [-0.4, -0.2) is 11.5 Å². The molecule has 0 atom stereocenters. The highest BCUT2D eigenvalue weighted by Gasteiger charge is 2.09. The van der Waals surface area contributed by atoms with E-state index >= 15 is 0 Å². The summed E-state index contributed by atoms with van der Waals surface area (Å²) >= 11 is 4.67. The Morgan fingerprint density at radius 1 is 1.16 bits per heavy atom. The van der Waals surface area contributed by atoms with E-state index in [9.17, 15) is 9.18 Å². The van der Waals surface area contributed by atoms with Crippen molar-refractivity contribution in [2.75, 3.05) is 5.75 Å². The predicted molar refractivity (Wildman–Crippen MR) is 80.0 cm³/mol. The van der Waals surface area contributed by atoms with Gasteiger partial charge >= 0.3 is 0 Å².